The highest BCUT2D eigenvalue weighted by Gasteiger charge is 2.26. The number of hydrogen-bond acceptors (Lipinski definition) is 4. The zero-order chi connectivity index (χ0) is 18.8. The number of ether oxygens (including phenoxy) is 1. The first-order valence-electron chi connectivity index (χ1n) is 9.31. The Morgan fingerprint density at radius 1 is 1.21 bits per heavy atom. The summed E-state index contributed by atoms with van der Waals surface area (Å²) in [7, 11) is 0. The van der Waals surface area contributed by atoms with Crippen LogP contribution in [-0.2, 0) is 9.53 Å². The van der Waals surface area contributed by atoms with Gasteiger partial charge in [-0.1, -0.05) is 18.2 Å². The van der Waals surface area contributed by atoms with Crippen molar-refractivity contribution in [3.05, 3.63) is 54.4 Å². The number of anilines is 1. The number of hydrogen-bond donors (Lipinski definition) is 2. The summed E-state index contributed by atoms with van der Waals surface area (Å²) in [5.41, 5.74) is 10.9. The summed E-state index contributed by atoms with van der Waals surface area (Å²) in [5.74, 6) is 0.0391. The van der Waals surface area contributed by atoms with Crippen LogP contribution in [-0.4, -0.2) is 34.5 Å². The van der Waals surface area contributed by atoms with Gasteiger partial charge in [0.05, 0.1) is 11.7 Å². The molecule has 0 saturated carbocycles. The second kappa shape index (κ2) is 10.1. The van der Waals surface area contributed by atoms with Gasteiger partial charge in [0.1, 0.15) is 5.65 Å². The Balaban J connectivity index is 0.00000150. The molecule has 6 nitrogen and oxygen atoms in total. The van der Waals surface area contributed by atoms with Crippen molar-refractivity contribution in [2.24, 2.45) is 11.7 Å². The smallest absolute Gasteiger partial charge is 0.241 e. The first-order chi connectivity index (χ1) is 13.1. The Bertz CT molecular complexity index is 953. The van der Waals surface area contributed by atoms with Crippen LogP contribution in [0.1, 0.15) is 18.4 Å². The third kappa shape index (κ3) is 5.08. The Morgan fingerprint density at radius 2 is 1.90 bits per heavy atom. The number of rotatable bonds is 4. The lowest BCUT2D eigenvalue weighted by atomic mass is 9.92. The van der Waals surface area contributed by atoms with Gasteiger partial charge in [0.2, 0.25) is 5.91 Å². The van der Waals surface area contributed by atoms with Gasteiger partial charge in [0, 0.05) is 36.9 Å². The molecule has 0 radical (unpaired) electrons. The average Bonchev–Trinajstić information content (AvgIpc) is 3.14. The molecule has 1 saturated heterocycles. The molecule has 1 fully saturated rings. The number of amides is 1. The number of imidazole rings is 1. The molecule has 3 aromatic rings. The van der Waals surface area contributed by atoms with E-state index in [1.54, 1.807) is 0 Å². The molecule has 8 heteroatoms. The molecule has 4 rings (SSSR count). The number of benzene rings is 1. The molecule has 1 aliphatic rings. The zero-order valence-corrected chi connectivity index (χ0v) is 17.8. The van der Waals surface area contributed by atoms with Gasteiger partial charge >= 0.3 is 0 Å². The summed E-state index contributed by atoms with van der Waals surface area (Å²) in [4.78, 5) is 17.1. The maximum absolute atomic E-state index is 12.4. The summed E-state index contributed by atoms with van der Waals surface area (Å²) in [5, 5.41) is 2.92. The zero-order valence-electron chi connectivity index (χ0n) is 16.2. The molecule has 2 aromatic heterocycles. The van der Waals surface area contributed by atoms with Crippen LogP contribution in [0.3, 0.4) is 0 Å². The minimum absolute atomic E-state index is 0. The summed E-state index contributed by atoms with van der Waals surface area (Å²) in [6, 6.07) is 11.3. The average molecular weight is 437 g/mol. The molecular weight excluding hydrogens is 411 g/mol. The first-order valence-corrected chi connectivity index (χ1v) is 9.31. The highest BCUT2D eigenvalue weighted by Crippen LogP contribution is 2.23. The lowest BCUT2D eigenvalue weighted by Gasteiger charge is -2.26. The van der Waals surface area contributed by atoms with Crippen LogP contribution in [0.5, 0.6) is 0 Å². The fourth-order valence-corrected chi connectivity index (χ4v) is 3.53. The number of nitrogens with two attached hydrogens (primary N) is 1. The predicted octanol–water partition coefficient (Wildman–Crippen LogP) is 3.85. The van der Waals surface area contributed by atoms with Crippen molar-refractivity contribution in [3.63, 3.8) is 0 Å². The van der Waals surface area contributed by atoms with Crippen LogP contribution in [0.25, 0.3) is 16.9 Å². The maximum atomic E-state index is 12.4. The number of aryl methyl sites for hydroxylation is 1. The Hall–Kier alpha value is -2.12. The minimum Gasteiger partial charge on any atom is -0.381 e. The van der Waals surface area contributed by atoms with E-state index in [0.29, 0.717) is 13.2 Å². The van der Waals surface area contributed by atoms with Gasteiger partial charge in [-0.2, -0.15) is 0 Å². The third-order valence-electron chi connectivity index (χ3n) is 5.20. The van der Waals surface area contributed by atoms with Crippen LogP contribution in [0.2, 0.25) is 0 Å². The van der Waals surface area contributed by atoms with Crippen molar-refractivity contribution in [3.8, 4) is 11.3 Å². The molecule has 29 heavy (non-hydrogen) atoms. The predicted molar refractivity (Wildman–Crippen MR) is 120 cm³/mol. The van der Waals surface area contributed by atoms with E-state index >= 15 is 0 Å². The van der Waals surface area contributed by atoms with Crippen molar-refractivity contribution >= 4 is 42.1 Å². The van der Waals surface area contributed by atoms with Crippen molar-refractivity contribution in [1.82, 2.24) is 9.38 Å². The number of nitrogens with zero attached hydrogens (tertiary/aromatic N) is 2. The molecule has 1 unspecified atom stereocenters. The third-order valence-corrected chi connectivity index (χ3v) is 5.20. The van der Waals surface area contributed by atoms with Gasteiger partial charge in [-0.25, -0.2) is 4.98 Å². The highest BCUT2D eigenvalue weighted by molar-refractivity contribution is 5.95. The van der Waals surface area contributed by atoms with Gasteiger partial charge in [-0.15, -0.1) is 24.8 Å². The van der Waals surface area contributed by atoms with Gasteiger partial charge in [-0.3, -0.25) is 4.79 Å². The molecule has 1 aromatic carbocycles. The minimum atomic E-state index is -0.505. The van der Waals surface area contributed by atoms with Crippen LogP contribution in [0, 0.1) is 12.8 Å². The number of pyridine rings is 1. The summed E-state index contributed by atoms with van der Waals surface area (Å²) < 4.78 is 7.36. The quantitative estimate of drug-likeness (QED) is 0.650. The van der Waals surface area contributed by atoms with Crippen LogP contribution in [0.15, 0.2) is 48.8 Å². The fraction of sp³-hybridized carbons (Fsp3) is 0.333. The van der Waals surface area contributed by atoms with E-state index in [0.717, 1.165) is 41.0 Å². The topological polar surface area (TPSA) is 81.7 Å². The van der Waals surface area contributed by atoms with E-state index in [9.17, 15) is 4.79 Å². The second-order valence-electron chi connectivity index (χ2n) is 7.09. The molecule has 1 aliphatic heterocycles. The molecule has 3 N–H and O–H groups in total. The van der Waals surface area contributed by atoms with Crippen molar-refractivity contribution in [1.29, 1.82) is 0 Å². The van der Waals surface area contributed by atoms with E-state index in [1.165, 1.54) is 0 Å². The normalized spacial score (nSPS) is 15.2. The maximum Gasteiger partial charge on any atom is 0.241 e. The first kappa shape index (κ1) is 23.2. The van der Waals surface area contributed by atoms with E-state index in [4.69, 9.17) is 15.5 Å². The van der Waals surface area contributed by atoms with Crippen molar-refractivity contribution in [2.45, 2.75) is 25.8 Å². The number of nitrogens with one attached hydrogen (secondary N) is 1. The van der Waals surface area contributed by atoms with Crippen molar-refractivity contribution < 1.29 is 9.53 Å². The van der Waals surface area contributed by atoms with Gasteiger partial charge < -0.3 is 20.2 Å². The number of fused-ring (bicyclic) bond motifs is 1. The van der Waals surface area contributed by atoms with E-state index < -0.39 is 6.04 Å². The number of aromatic nitrogens is 2. The molecule has 0 aliphatic carbocycles. The van der Waals surface area contributed by atoms with Gasteiger partial charge in [0.25, 0.3) is 0 Å². The fourth-order valence-electron chi connectivity index (χ4n) is 3.53. The standard InChI is InChI=1S/C21H24N4O2.2ClH/c1-14-3-2-10-25-13-18(24-20(14)25)15-4-6-17(7-5-15)23-21(26)19(22)16-8-11-27-12-9-16;;/h2-7,10,13,16,19H,8-9,11-12,22H2,1H3,(H,23,26);2*1H. The molecule has 156 valence electrons. The Kier molecular flexibility index (Phi) is 8.05. The summed E-state index contributed by atoms with van der Waals surface area (Å²) in [6.07, 6.45) is 5.67. The Labute approximate surface area is 182 Å². The number of carbonyl (C=O) groups excluding carboxylic acids is 1. The van der Waals surface area contributed by atoms with E-state index in [-0.39, 0.29) is 36.6 Å². The molecule has 0 bridgehead atoms. The molecule has 1 amide bonds. The largest absolute Gasteiger partial charge is 0.381 e. The molecule has 0 spiro atoms. The van der Waals surface area contributed by atoms with Crippen LogP contribution < -0.4 is 11.1 Å². The summed E-state index contributed by atoms with van der Waals surface area (Å²) in [6.45, 7) is 3.41. The number of halogens is 2. The van der Waals surface area contributed by atoms with Crippen LogP contribution in [0.4, 0.5) is 5.69 Å². The molecule has 1 atom stereocenters. The second-order valence-corrected chi connectivity index (χ2v) is 7.09. The van der Waals surface area contributed by atoms with E-state index in [1.807, 2.05) is 60.1 Å². The lowest BCUT2D eigenvalue weighted by molar-refractivity contribution is -0.119. The van der Waals surface area contributed by atoms with Gasteiger partial charge in [0.15, 0.2) is 0 Å². The monoisotopic (exact) mass is 436 g/mol. The van der Waals surface area contributed by atoms with Crippen molar-refractivity contribution in [2.75, 3.05) is 18.5 Å². The van der Waals surface area contributed by atoms with Gasteiger partial charge in [-0.05, 0) is 49.4 Å². The molecular formula is C21H26Cl2N4O2. The Morgan fingerprint density at radius 3 is 2.55 bits per heavy atom. The SMILES string of the molecule is Cc1cccn2cc(-c3ccc(NC(=O)C(N)C4CCOCC4)cc3)nc12.Cl.Cl. The lowest BCUT2D eigenvalue weighted by Crippen LogP contribution is -2.43. The van der Waals surface area contributed by atoms with Crippen LogP contribution >= 0.6 is 24.8 Å². The number of carbonyl (C=O) groups is 1. The highest BCUT2D eigenvalue weighted by atomic mass is 35.5. The summed E-state index contributed by atoms with van der Waals surface area (Å²) >= 11 is 0. The van der Waals surface area contributed by atoms with E-state index in [2.05, 4.69) is 5.32 Å². The molecule has 3 heterocycles.